The number of aliphatic hydroxyl groups excluding tert-OH is 1. The molecule has 0 aliphatic rings. The van der Waals surface area contributed by atoms with Gasteiger partial charge in [-0.2, -0.15) is 0 Å². The number of benzene rings is 1. The first kappa shape index (κ1) is 16.5. The summed E-state index contributed by atoms with van der Waals surface area (Å²) >= 11 is 0. The molecule has 0 aromatic heterocycles. The van der Waals surface area contributed by atoms with Crippen LogP contribution in [0, 0.1) is 18.8 Å². The van der Waals surface area contributed by atoms with Crippen molar-refractivity contribution in [2.45, 2.75) is 6.92 Å². The Morgan fingerprint density at radius 2 is 1.90 bits per heavy atom. The van der Waals surface area contributed by atoms with Crippen LogP contribution in [0.5, 0.6) is 0 Å². The molecule has 0 spiro atoms. The molecule has 0 atom stereocenters. The van der Waals surface area contributed by atoms with Gasteiger partial charge in [-0.15, -0.1) is 0 Å². The Balaban J connectivity index is 3.15. The molecule has 1 aromatic carbocycles. The van der Waals surface area contributed by atoms with Gasteiger partial charge in [0.1, 0.15) is 6.61 Å². The molecule has 8 heteroatoms. The lowest BCUT2D eigenvalue weighted by Crippen LogP contribution is -2.22. The minimum Gasteiger partial charge on any atom is -0.384 e. The van der Waals surface area contributed by atoms with Crippen LogP contribution >= 0.6 is 0 Å². The standard InChI is InChI=1S/C12H15NO5S2/c1-10-5-6-12(11(8-10)4-3-7-14)13-20(17,18)9-19(2,15)16/h5-6,8,13-14H,7,9H2,1-2H3. The van der Waals surface area contributed by atoms with Gasteiger partial charge in [0.05, 0.1) is 5.69 Å². The largest absolute Gasteiger partial charge is 0.384 e. The van der Waals surface area contributed by atoms with Crippen LogP contribution in [0.4, 0.5) is 5.69 Å². The van der Waals surface area contributed by atoms with Crippen molar-refractivity contribution < 1.29 is 21.9 Å². The molecule has 0 saturated carbocycles. The quantitative estimate of drug-likeness (QED) is 0.766. The highest BCUT2D eigenvalue weighted by atomic mass is 32.3. The molecule has 6 nitrogen and oxygen atoms in total. The highest BCUT2D eigenvalue weighted by Crippen LogP contribution is 2.18. The van der Waals surface area contributed by atoms with Crippen LogP contribution in [0.2, 0.25) is 0 Å². The number of anilines is 1. The summed E-state index contributed by atoms with van der Waals surface area (Å²) in [5.74, 6) is 5.03. The van der Waals surface area contributed by atoms with E-state index in [0.29, 0.717) is 5.56 Å². The third-order valence-electron chi connectivity index (χ3n) is 2.11. The number of sulfone groups is 1. The van der Waals surface area contributed by atoms with Crippen LogP contribution in [-0.4, -0.2) is 39.9 Å². The van der Waals surface area contributed by atoms with Crippen molar-refractivity contribution in [2.75, 3.05) is 22.7 Å². The lowest BCUT2D eigenvalue weighted by atomic mass is 10.1. The molecule has 0 bridgehead atoms. The lowest BCUT2D eigenvalue weighted by Gasteiger charge is -2.09. The molecule has 0 heterocycles. The van der Waals surface area contributed by atoms with E-state index in [1.54, 1.807) is 19.1 Å². The fourth-order valence-electron chi connectivity index (χ4n) is 1.46. The van der Waals surface area contributed by atoms with E-state index >= 15 is 0 Å². The van der Waals surface area contributed by atoms with Gasteiger partial charge in [-0.25, -0.2) is 16.8 Å². The van der Waals surface area contributed by atoms with E-state index in [0.717, 1.165) is 11.8 Å². The summed E-state index contributed by atoms with van der Waals surface area (Å²) in [5.41, 5.74) is 1.41. The molecular weight excluding hydrogens is 302 g/mol. The zero-order valence-electron chi connectivity index (χ0n) is 11.0. The molecule has 0 amide bonds. The van der Waals surface area contributed by atoms with Gasteiger partial charge in [0, 0.05) is 11.8 Å². The van der Waals surface area contributed by atoms with Gasteiger partial charge in [-0.3, -0.25) is 4.72 Å². The van der Waals surface area contributed by atoms with Crippen LogP contribution < -0.4 is 4.72 Å². The monoisotopic (exact) mass is 317 g/mol. The van der Waals surface area contributed by atoms with Crippen molar-refractivity contribution in [3.63, 3.8) is 0 Å². The average Bonchev–Trinajstić information content (AvgIpc) is 2.26. The van der Waals surface area contributed by atoms with Crippen LogP contribution in [0.25, 0.3) is 0 Å². The molecule has 110 valence electrons. The minimum absolute atomic E-state index is 0.181. The maximum atomic E-state index is 11.7. The summed E-state index contributed by atoms with van der Waals surface area (Å²) in [4.78, 5) is 0. The predicted molar refractivity (Wildman–Crippen MR) is 77.4 cm³/mol. The van der Waals surface area contributed by atoms with Crippen LogP contribution in [0.1, 0.15) is 11.1 Å². The summed E-state index contributed by atoms with van der Waals surface area (Å²) in [5, 5.41) is 7.68. The number of sulfonamides is 1. The Bertz CT molecular complexity index is 755. The van der Waals surface area contributed by atoms with E-state index in [9.17, 15) is 16.8 Å². The van der Waals surface area contributed by atoms with Crippen molar-refractivity contribution in [1.82, 2.24) is 0 Å². The Hall–Kier alpha value is -1.56. The smallest absolute Gasteiger partial charge is 0.247 e. The molecule has 20 heavy (non-hydrogen) atoms. The zero-order valence-corrected chi connectivity index (χ0v) is 12.7. The topological polar surface area (TPSA) is 101 Å². The Labute approximate surface area is 118 Å². The summed E-state index contributed by atoms with van der Waals surface area (Å²) in [6.45, 7) is 1.45. The molecule has 0 fully saturated rings. The summed E-state index contributed by atoms with van der Waals surface area (Å²) < 4.78 is 47.8. The van der Waals surface area contributed by atoms with Gasteiger partial charge in [0.2, 0.25) is 10.0 Å². The molecule has 0 saturated heterocycles. The second kappa shape index (κ2) is 6.26. The third-order valence-corrected chi connectivity index (χ3v) is 5.60. The molecule has 0 unspecified atom stereocenters. The van der Waals surface area contributed by atoms with Crippen LogP contribution in [0.15, 0.2) is 18.2 Å². The van der Waals surface area contributed by atoms with Crippen LogP contribution in [0.3, 0.4) is 0 Å². The SMILES string of the molecule is Cc1ccc(NS(=O)(=O)CS(C)(=O)=O)c(C#CCO)c1. The predicted octanol–water partition coefficient (Wildman–Crippen LogP) is 0.0826. The number of nitrogens with one attached hydrogen (secondary N) is 1. The Kier molecular flexibility index (Phi) is 5.16. The number of hydrogen-bond donors (Lipinski definition) is 2. The third kappa shape index (κ3) is 5.61. The van der Waals surface area contributed by atoms with E-state index in [2.05, 4.69) is 16.6 Å². The number of aryl methyl sites for hydroxylation is 1. The van der Waals surface area contributed by atoms with Gasteiger partial charge in [-0.05, 0) is 24.6 Å². The van der Waals surface area contributed by atoms with E-state index in [1.165, 1.54) is 6.07 Å². The first-order valence-electron chi connectivity index (χ1n) is 5.51. The van der Waals surface area contributed by atoms with E-state index in [-0.39, 0.29) is 12.3 Å². The van der Waals surface area contributed by atoms with Gasteiger partial charge in [0.25, 0.3) is 0 Å². The molecule has 0 aliphatic heterocycles. The minimum atomic E-state index is -4.02. The normalized spacial score (nSPS) is 11.6. The number of rotatable bonds is 4. The average molecular weight is 317 g/mol. The second-order valence-corrected chi connectivity index (χ2v) is 8.50. The first-order valence-corrected chi connectivity index (χ1v) is 9.23. The van der Waals surface area contributed by atoms with Gasteiger partial charge >= 0.3 is 0 Å². The van der Waals surface area contributed by atoms with E-state index < -0.39 is 24.9 Å². The van der Waals surface area contributed by atoms with Gasteiger partial charge in [0.15, 0.2) is 14.9 Å². The van der Waals surface area contributed by atoms with Gasteiger partial charge < -0.3 is 5.11 Å². The maximum absolute atomic E-state index is 11.7. The van der Waals surface area contributed by atoms with Crippen molar-refractivity contribution in [3.8, 4) is 11.8 Å². The van der Waals surface area contributed by atoms with Gasteiger partial charge in [-0.1, -0.05) is 17.9 Å². The molecule has 1 aromatic rings. The molecule has 1 rings (SSSR count). The molecular formula is C12H15NO5S2. The molecule has 0 radical (unpaired) electrons. The summed E-state index contributed by atoms with van der Waals surface area (Å²) in [7, 11) is -7.69. The van der Waals surface area contributed by atoms with E-state index in [1.807, 2.05) is 0 Å². The maximum Gasteiger partial charge on any atom is 0.247 e. The molecule has 2 N–H and O–H groups in total. The number of hydrogen-bond acceptors (Lipinski definition) is 5. The van der Waals surface area contributed by atoms with Crippen LogP contribution in [-0.2, 0) is 19.9 Å². The van der Waals surface area contributed by atoms with Crippen molar-refractivity contribution >= 4 is 25.5 Å². The Morgan fingerprint density at radius 1 is 1.25 bits per heavy atom. The Morgan fingerprint density at radius 3 is 2.45 bits per heavy atom. The van der Waals surface area contributed by atoms with E-state index in [4.69, 9.17) is 5.11 Å². The summed E-state index contributed by atoms with van der Waals surface area (Å²) in [6, 6.07) is 4.81. The number of aliphatic hydroxyl groups is 1. The second-order valence-electron chi connectivity index (χ2n) is 4.27. The fraction of sp³-hybridized carbons (Fsp3) is 0.333. The first-order chi connectivity index (χ1) is 9.13. The van der Waals surface area contributed by atoms with Crippen molar-refractivity contribution in [2.24, 2.45) is 0 Å². The highest BCUT2D eigenvalue weighted by Gasteiger charge is 2.19. The summed E-state index contributed by atoms with van der Waals surface area (Å²) in [6.07, 6.45) is 0.841. The molecule has 0 aliphatic carbocycles. The zero-order chi connectivity index (χ0) is 15.4. The van der Waals surface area contributed by atoms with Crippen molar-refractivity contribution in [3.05, 3.63) is 29.3 Å². The fourth-order valence-corrected chi connectivity index (χ4v) is 4.47. The highest BCUT2D eigenvalue weighted by molar-refractivity contribution is 8.08. The van der Waals surface area contributed by atoms with Crippen molar-refractivity contribution in [1.29, 1.82) is 0 Å². The lowest BCUT2D eigenvalue weighted by molar-refractivity contribution is 0.350.